The third-order valence-corrected chi connectivity index (χ3v) is 6.91. The van der Waals surface area contributed by atoms with Gasteiger partial charge in [0.2, 0.25) is 0 Å². The van der Waals surface area contributed by atoms with Crippen molar-refractivity contribution in [2.75, 3.05) is 0 Å². The minimum absolute atomic E-state index is 0.0120. The van der Waals surface area contributed by atoms with Crippen LogP contribution in [0.4, 0.5) is 13.2 Å². The van der Waals surface area contributed by atoms with Crippen molar-refractivity contribution in [1.82, 2.24) is 0 Å². The maximum absolute atomic E-state index is 13.3. The molecule has 0 heterocycles. The van der Waals surface area contributed by atoms with Crippen LogP contribution >= 0.6 is 0 Å². The van der Waals surface area contributed by atoms with Gasteiger partial charge in [-0.05, 0) is 35.8 Å². The van der Waals surface area contributed by atoms with Crippen LogP contribution in [0.5, 0.6) is 5.75 Å². The molecule has 0 bridgehead atoms. The highest BCUT2D eigenvalue weighted by molar-refractivity contribution is 5.27. The summed E-state index contributed by atoms with van der Waals surface area (Å²) in [6, 6.07) is 9.92. The van der Waals surface area contributed by atoms with Gasteiger partial charge in [-0.2, -0.15) is 0 Å². The van der Waals surface area contributed by atoms with Gasteiger partial charge in [0.05, 0.1) is 0 Å². The Morgan fingerprint density at radius 2 is 1.31 bits per heavy atom. The molecule has 2 aromatic rings. The lowest BCUT2D eigenvalue weighted by Gasteiger charge is -2.28. The van der Waals surface area contributed by atoms with E-state index in [1.54, 1.807) is 0 Å². The number of hydrogen-bond donors (Lipinski definition) is 0. The maximum Gasteiger partial charge on any atom is 0.194 e. The van der Waals surface area contributed by atoms with Crippen molar-refractivity contribution < 1.29 is 17.9 Å². The van der Waals surface area contributed by atoms with Crippen LogP contribution in [0.1, 0.15) is 88.7 Å². The van der Waals surface area contributed by atoms with Crippen LogP contribution in [-0.2, 0) is 13.0 Å². The molecule has 1 aliphatic carbocycles. The molecular weight excluding hydrogens is 409 g/mol. The lowest BCUT2D eigenvalue weighted by molar-refractivity contribution is 0.248. The van der Waals surface area contributed by atoms with Gasteiger partial charge in [0.1, 0.15) is 12.4 Å². The molecule has 4 heteroatoms. The Labute approximate surface area is 191 Å². The molecule has 0 atom stereocenters. The number of unbranched alkanes of at least 4 members (excludes halogenated alkanes) is 4. The molecule has 0 saturated heterocycles. The molecule has 1 nitrogen and oxygen atoms in total. The highest BCUT2D eigenvalue weighted by atomic mass is 19.2. The summed E-state index contributed by atoms with van der Waals surface area (Å²) in [4.78, 5) is 0. The molecule has 2 aromatic carbocycles. The first-order valence-corrected chi connectivity index (χ1v) is 12.4. The third kappa shape index (κ3) is 7.86. The molecule has 0 aromatic heterocycles. The average molecular weight is 447 g/mol. The molecule has 3 rings (SSSR count). The minimum atomic E-state index is -1.47. The summed E-state index contributed by atoms with van der Waals surface area (Å²) < 4.78 is 45.0. The summed E-state index contributed by atoms with van der Waals surface area (Å²) in [5.74, 6) is -2.17. The zero-order valence-electron chi connectivity index (χ0n) is 19.4. The zero-order valence-corrected chi connectivity index (χ0v) is 19.4. The second kappa shape index (κ2) is 12.9. The Morgan fingerprint density at radius 1 is 0.750 bits per heavy atom. The molecule has 176 valence electrons. The summed E-state index contributed by atoms with van der Waals surface area (Å²) >= 11 is 0. The van der Waals surface area contributed by atoms with E-state index in [0.717, 1.165) is 36.0 Å². The highest BCUT2D eigenvalue weighted by Crippen LogP contribution is 2.34. The fraction of sp³-hybridized carbons (Fsp3) is 0.571. The van der Waals surface area contributed by atoms with E-state index >= 15 is 0 Å². The van der Waals surface area contributed by atoms with Crippen molar-refractivity contribution >= 4 is 0 Å². The molecular formula is C28H37F3O. The van der Waals surface area contributed by atoms with Crippen LogP contribution in [0.2, 0.25) is 0 Å². The standard InChI is InChI=1S/C28H37F3O/c1-2-3-4-5-6-7-21-8-10-22(11-9-21)12-13-23-14-16-24(17-15-23)20-32-25-18-26(29)28(31)27(30)19-25/h14-19,21-22H,2-13,20H2,1H3. The second-order valence-electron chi connectivity index (χ2n) is 9.43. The number of rotatable bonds is 12. The molecule has 0 unspecified atom stereocenters. The van der Waals surface area contributed by atoms with Crippen molar-refractivity contribution in [3.63, 3.8) is 0 Å². The van der Waals surface area contributed by atoms with Gasteiger partial charge in [0, 0.05) is 12.1 Å². The van der Waals surface area contributed by atoms with Crippen molar-refractivity contribution in [2.45, 2.75) is 90.6 Å². The van der Waals surface area contributed by atoms with Gasteiger partial charge in [-0.1, -0.05) is 95.4 Å². The predicted octanol–water partition coefficient (Wildman–Crippen LogP) is 8.78. The summed E-state index contributed by atoms with van der Waals surface area (Å²) in [5, 5.41) is 0. The molecule has 1 aliphatic rings. The van der Waals surface area contributed by atoms with E-state index in [1.165, 1.54) is 76.2 Å². The number of ether oxygens (including phenoxy) is 1. The van der Waals surface area contributed by atoms with Gasteiger partial charge < -0.3 is 4.74 Å². The van der Waals surface area contributed by atoms with Crippen molar-refractivity contribution in [3.05, 3.63) is 65.0 Å². The van der Waals surface area contributed by atoms with Gasteiger partial charge >= 0.3 is 0 Å². The molecule has 0 radical (unpaired) electrons. The highest BCUT2D eigenvalue weighted by Gasteiger charge is 2.20. The number of benzene rings is 2. The normalized spacial score (nSPS) is 18.6. The van der Waals surface area contributed by atoms with Gasteiger partial charge in [-0.3, -0.25) is 0 Å². The first-order chi connectivity index (χ1) is 15.5. The van der Waals surface area contributed by atoms with Gasteiger partial charge in [0.15, 0.2) is 17.5 Å². The molecule has 0 spiro atoms. The summed E-state index contributed by atoms with van der Waals surface area (Å²) in [5.41, 5.74) is 2.23. The van der Waals surface area contributed by atoms with E-state index in [-0.39, 0.29) is 12.4 Å². The van der Waals surface area contributed by atoms with Gasteiger partial charge in [-0.15, -0.1) is 0 Å². The number of aryl methyl sites for hydroxylation is 1. The number of halogens is 3. The molecule has 1 saturated carbocycles. The average Bonchev–Trinajstić information content (AvgIpc) is 2.81. The third-order valence-electron chi connectivity index (χ3n) is 6.91. The van der Waals surface area contributed by atoms with Crippen LogP contribution in [0, 0.1) is 29.3 Å². The lowest BCUT2D eigenvalue weighted by Crippen LogP contribution is -2.15. The Kier molecular flexibility index (Phi) is 9.95. The lowest BCUT2D eigenvalue weighted by atomic mass is 9.77. The van der Waals surface area contributed by atoms with Crippen molar-refractivity contribution in [2.24, 2.45) is 11.8 Å². The fourth-order valence-electron chi connectivity index (χ4n) is 4.80. The predicted molar refractivity (Wildman–Crippen MR) is 124 cm³/mol. The fourth-order valence-corrected chi connectivity index (χ4v) is 4.80. The Morgan fingerprint density at radius 3 is 1.94 bits per heavy atom. The minimum Gasteiger partial charge on any atom is -0.489 e. The molecule has 1 fully saturated rings. The summed E-state index contributed by atoms with van der Waals surface area (Å²) in [6.07, 6.45) is 16.2. The first kappa shape index (κ1) is 24.7. The zero-order chi connectivity index (χ0) is 22.8. The van der Waals surface area contributed by atoms with Crippen LogP contribution in [0.25, 0.3) is 0 Å². The van der Waals surface area contributed by atoms with Crippen LogP contribution in [-0.4, -0.2) is 0 Å². The van der Waals surface area contributed by atoms with Crippen molar-refractivity contribution in [3.8, 4) is 5.75 Å². The second-order valence-corrected chi connectivity index (χ2v) is 9.43. The first-order valence-electron chi connectivity index (χ1n) is 12.4. The topological polar surface area (TPSA) is 9.23 Å². The van der Waals surface area contributed by atoms with E-state index < -0.39 is 17.5 Å². The molecule has 0 N–H and O–H groups in total. The van der Waals surface area contributed by atoms with Crippen LogP contribution < -0.4 is 4.74 Å². The van der Waals surface area contributed by atoms with Crippen LogP contribution in [0.15, 0.2) is 36.4 Å². The summed E-state index contributed by atoms with van der Waals surface area (Å²) in [6.45, 7) is 2.46. The quantitative estimate of drug-likeness (QED) is 0.234. The summed E-state index contributed by atoms with van der Waals surface area (Å²) in [7, 11) is 0. The van der Waals surface area contributed by atoms with E-state index in [4.69, 9.17) is 4.74 Å². The van der Waals surface area contributed by atoms with Crippen molar-refractivity contribution in [1.29, 1.82) is 0 Å². The Bertz CT molecular complexity index is 787. The van der Waals surface area contributed by atoms with E-state index in [0.29, 0.717) is 0 Å². The van der Waals surface area contributed by atoms with Gasteiger partial charge in [0.25, 0.3) is 0 Å². The van der Waals surface area contributed by atoms with E-state index in [1.807, 2.05) is 12.1 Å². The monoisotopic (exact) mass is 446 g/mol. The molecule has 0 aliphatic heterocycles. The number of hydrogen-bond acceptors (Lipinski definition) is 1. The maximum atomic E-state index is 13.3. The molecule has 32 heavy (non-hydrogen) atoms. The van der Waals surface area contributed by atoms with E-state index in [9.17, 15) is 13.2 Å². The smallest absolute Gasteiger partial charge is 0.194 e. The Hall–Kier alpha value is -1.97. The van der Waals surface area contributed by atoms with E-state index in [2.05, 4.69) is 19.1 Å². The Balaban J connectivity index is 1.34. The SMILES string of the molecule is CCCCCCCC1CCC(CCc2ccc(COc3cc(F)c(F)c(F)c3)cc2)CC1. The largest absolute Gasteiger partial charge is 0.489 e. The van der Waals surface area contributed by atoms with Gasteiger partial charge in [-0.25, -0.2) is 13.2 Å². The van der Waals surface area contributed by atoms with Crippen LogP contribution in [0.3, 0.4) is 0 Å². The molecule has 0 amide bonds.